The minimum atomic E-state index is -4.43. The molecule has 0 saturated heterocycles. The molecular weight excluding hydrogens is 351 g/mol. The summed E-state index contributed by atoms with van der Waals surface area (Å²) >= 11 is 0. The van der Waals surface area contributed by atoms with Crippen LogP contribution in [0.2, 0.25) is 0 Å². The molecule has 1 aromatic heterocycles. The van der Waals surface area contributed by atoms with Crippen molar-refractivity contribution < 1.29 is 27.9 Å². The molecule has 1 heterocycles. The molecule has 2 aromatic rings. The SMILES string of the molecule is Cc1nn(CC(F)(F)F)c(C)c1CC(=O)N(CC(=O)O)c1ccccc1. The zero-order valence-corrected chi connectivity index (χ0v) is 14.2. The van der Waals surface area contributed by atoms with E-state index < -0.39 is 31.1 Å². The molecule has 0 aliphatic heterocycles. The van der Waals surface area contributed by atoms with Crippen molar-refractivity contribution in [1.29, 1.82) is 0 Å². The van der Waals surface area contributed by atoms with Crippen LogP contribution in [0.1, 0.15) is 17.0 Å². The fraction of sp³-hybridized carbons (Fsp3) is 0.353. The molecule has 9 heteroatoms. The zero-order valence-electron chi connectivity index (χ0n) is 14.2. The van der Waals surface area contributed by atoms with Gasteiger partial charge in [-0.1, -0.05) is 18.2 Å². The lowest BCUT2D eigenvalue weighted by atomic mass is 10.1. The monoisotopic (exact) mass is 369 g/mol. The van der Waals surface area contributed by atoms with Gasteiger partial charge >= 0.3 is 12.1 Å². The third-order valence-electron chi connectivity index (χ3n) is 3.85. The lowest BCUT2D eigenvalue weighted by molar-refractivity contribution is -0.143. The number of carboxylic acids is 1. The lowest BCUT2D eigenvalue weighted by Gasteiger charge is -2.21. The molecule has 0 radical (unpaired) electrons. The summed E-state index contributed by atoms with van der Waals surface area (Å²) in [5, 5.41) is 12.9. The molecule has 0 aliphatic rings. The van der Waals surface area contributed by atoms with E-state index in [4.69, 9.17) is 5.11 Å². The highest BCUT2D eigenvalue weighted by Gasteiger charge is 2.30. The largest absolute Gasteiger partial charge is 0.480 e. The molecular formula is C17H18F3N3O3. The second-order valence-electron chi connectivity index (χ2n) is 5.81. The summed E-state index contributed by atoms with van der Waals surface area (Å²) in [7, 11) is 0. The second kappa shape index (κ2) is 7.59. The minimum absolute atomic E-state index is 0.233. The molecule has 0 spiro atoms. The quantitative estimate of drug-likeness (QED) is 0.850. The number of anilines is 1. The van der Waals surface area contributed by atoms with Gasteiger partial charge in [-0.05, 0) is 26.0 Å². The number of aromatic nitrogens is 2. The van der Waals surface area contributed by atoms with Gasteiger partial charge in [0.25, 0.3) is 0 Å². The van der Waals surface area contributed by atoms with Crippen molar-refractivity contribution >= 4 is 17.6 Å². The number of carbonyl (C=O) groups excluding carboxylic acids is 1. The number of hydrogen-bond acceptors (Lipinski definition) is 3. The average molecular weight is 369 g/mol. The standard InChI is InChI=1S/C17H18F3N3O3/c1-11-14(12(2)23(21-11)10-17(18,19)20)8-15(24)22(9-16(25)26)13-6-4-3-5-7-13/h3-7H,8-10H2,1-2H3,(H,25,26). The van der Waals surface area contributed by atoms with Crippen LogP contribution in [0.25, 0.3) is 0 Å². The van der Waals surface area contributed by atoms with Gasteiger partial charge in [0.05, 0.1) is 12.1 Å². The minimum Gasteiger partial charge on any atom is -0.480 e. The van der Waals surface area contributed by atoms with Crippen LogP contribution in [0, 0.1) is 13.8 Å². The molecule has 1 N–H and O–H groups in total. The van der Waals surface area contributed by atoms with Gasteiger partial charge in [-0.25, -0.2) is 0 Å². The van der Waals surface area contributed by atoms with Crippen molar-refractivity contribution in [2.24, 2.45) is 0 Å². The Morgan fingerprint density at radius 2 is 1.81 bits per heavy atom. The summed E-state index contributed by atoms with van der Waals surface area (Å²) in [5.41, 5.74) is 1.31. The van der Waals surface area contributed by atoms with Crippen LogP contribution >= 0.6 is 0 Å². The van der Waals surface area contributed by atoms with Crippen molar-refractivity contribution in [3.05, 3.63) is 47.3 Å². The number of amides is 1. The van der Waals surface area contributed by atoms with E-state index in [9.17, 15) is 22.8 Å². The molecule has 0 aliphatic carbocycles. The van der Waals surface area contributed by atoms with Gasteiger partial charge in [0.2, 0.25) is 5.91 Å². The predicted molar refractivity (Wildman–Crippen MR) is 87.9 cm³/mol. The molecule has 0 bridgehead atoms. The number of aryl methyl sites for hydroxylation is 1. The van der Waals surface area contributed by atoms with Gasteiger partial charge in [0.1, 0.15) is 13.1 Å². The van der Waals surface area contributed by atoms with Crippen LogP contribution in [0.15, 0.2) is 30.3 Å². The fourth-order valence-electron chi connectivity index (χ4n) is 2.63. The Morgan fingerprint density at radius 1 is 1.19 bits per heavy atom. The van der Waals surface area contributed by atoms with Crippen LogP contribution in [0.3, 0.4) is 0 Å². The van der Waals surface area contributed by atoms with Gasteiger partial charge < -0.3 is 10.0 Å². The first-order valence-electron chi connectivity index (χ1n) is 7.75. The number of carbonyl (C=O) groups is 2. The third-order valence-corrected chi connectivity index (χ3v) is 3.85. The van der Waals surface area contributed by atoms with Crippen LogP contribution in [-0.4, -0.2) is 39.5 Å². The molecule has 0 saturated carbocycles. The van der Waals surface area contributed by atoms with Crippen molar-refractivity contribution in [1.82, 2.24) is 9.78 Å². The summed E-state index contributed by atoms with van der Waals surface area (Å²) in [6, 6.07) is 8.23. The number of nitrogens with zero attached hydrogens (tertiary/aromatic N) is 3. The van der Waals surface area contributed by atoms with Gasteiger partial charge in [-0.15, -0.1) is 0 Å². The Labute approximate surface area is 147 Å². The topological polar surface area (TPSA) is 75.4 Å². The van der Waals surface area contributed by atoms with Gasteiger partial charge in [-0.3, -0.25) is 14.3 Å². The number of alkyl halides is 3. The highest BCUT2D eigenvalue weighted by atomic mass is 19.4. The van der Waals surface area contributed by atoms with E-state index in [1.165, 1.54) is 13.8 Å². The number of para-hydroxylation sites is 1. The Balaban J connectivity index is 2.28. The first kappa shape index (κ1) is 19.5. The molecule has 0 unspecified atom stereocenters. The number of halogens is 3. The van der Waals surface area contributed by atoms with Gasteiger partial charge in [0.15, 0.2) is 0 Å². The fourth-order valence-corrected chi connectivity index (χ4v) is 2.63. The highest BCUT2D eigenvalue weighted by molar-refractivity contribution is 5.98. The van der Waals surface area contributed by atoms with E-state index in [1.54, 1.807) is 30.3 Å². The number of hydrogen-bond donors (Lipinski definition) is 1. The molecule has 6 nitrogen and oxygen atoms in total. The maximum Gasteiger partial charge on any atom is 0.408 e. The zero-order chi connectivity index (χ0) is 19.5. The van der Waals surface area contributed by atoms with E-state index in [2.05, 4.69) is 5.10 Å². The third kappa shape index (κ3) is 4.84. The van der Waals surface area contributed by atoms with Crippen molar-refractivity contribution in [3.63, 3.8) is 0 Å². The second-order valence-corrected chi connectivity index (χ2v) is 5.81. The Morgan fingerprint density at radius 3 is 2.35 bits per heavy atom. The summed E-state index contributed by atoms with van der Waals surface area (Å²) < 4.78 is 38.7. The van der Waals surface area contributed by atoms with Crippen LogP contribution < -0.4 is 4.90 Å². The first-order valence-corrected chi connectivity index (χ1v) is 7.75. The Bertz CT molecular complexity index is 801. The van der Waals surface area contributed by atoms with Crippen molar-refractivity contribution in [2.75, 3.05) is 11.4 Å². The molecule has 0 fully saturated rings. The van der Waals surface area contributed by atoms with Crippen molar-refractivity contribution in [2.45, 2.75) is 33.0 Å². The van der Waals surface area contributed by atoms with Crippen LogP contribution in [-0.2, 0) is 22.6 Å². The Hall–Kier alpha value is -2.84. The van der Waals surface area contributed by atoms with Gasteiger partial charge in [-0.2, -0.15) is 18.3 Å². The first-order chi connectivity index (χ1) is 12.1. The number of aliphatic carboxylic acids is 1. The summed E-state index contributed by atoms with van der Waals surface area (Å²) in [6.07, 6.45) is -4.67. The summed E-state index contributed by atoms with van der Waals surface area (Å²) in [5.74, 6) is -1.72. The van der Waals surface area contributed by atoms with E-state index in [0.29, 0.717) is 16.9 Å². The number of rotatable bonds is 6. The molecule has 1 aromatic carbocycles. The number of carboxylic acid groups (broad SMARTS) is 1. The highest BCUT2D eigenvalue weighted by Crippen LogP contribution is 2.22. The van der Waals surface area contributed by atoms with E-state index in [1.807, 2.05) is 0 Å². The van der Waals surface area contributed by atoms with Gasteiger partial charge in [0, 0.05) is 16.9 Å². The molecule has 2 rings (SSSR count). The number of benzene rings is 1. The maximum absolute atomic E-state index is 12.7. The van der Waals surface area contributed by atoms with E-state index in [-0.39, 0.29) is 12.1 Å². The summed E-state index contributed by atoms with van der Waals surface area (Å²) in [4.78, 5) is 24.8. The Kier molecular flexibility index (Phi) is 5.69. The average Bonchev–Trinajstić information content (AvgIpc) is 2.79. The van der Waals surface area contributed by atoms with E-state index in [0.717, 1.165) is 9.58 Å². The maximum atomic E-state index is 12.7. The lowest BCUT2D eigenvalue weighted by Crippen LogP contribution is -2.37. The normalized spacial score (nSPS) is 11.4. The van der Waals surface area contributed by atoms with Crippen molar-refractivity contribution in [3.8, 4) is 0 Å². The molecule has 140 valence electrons. The van der Waals surface area contributed by atoms with E-state index >= 15 is 0 Å². The van der Waals surface area contributed by atoms with Crippen LogP contribution in [0.4, 0.5) is 18.9 Å². The smallest absolute Gasteiger partial charge is 0.408 e. The molecule has 0 atom stereocenters. The molecule has 1 amide bonds. The van der Waals surface area contributed by atoms with Crippen LogP contribution in [0.5, 0.6) is 0 Å². The molecule has 26 heavy (non-hydrogen) atoms. The predicted octanol–water partition coefficient (Wildman–Crippen LogP) is 2.72. The summed E-state index contributed by atoms with van der Waals surface area (Å²) in [6.45, 7) is 1.19.